The molecule has 0 unspecified atom stereocenters. The zero-order chi connectivity index (χ0) is 13.3. The van der Waals surface area contributed by atoms with E-state index in [-0.39, 0.29) is 6.09 Å². The summed E-state index contributed by atoms with van der Waals surface area (Å²) in [6.45, 7) is 10.8. The lowest BCUT2D eigenvalue weighted by molar-refractivity contribution is 0.0226. The van der Waals surface area contributed by atoms with Crippen LogP contribution in [-0.4, -0.2) is 23.1 Å². The number of hydrogen-bond donors (Lipinski definition) is 0. The van der Waals surface area contributed by atoms with E-state index in [1.165, 1.54) is 15.3 Å². The molecule has 0 spiro atoms. The summed E-state index contributed by atoms with van der Waals surface area (Å²) in [7, 11) is 0. The summed E-state index contributed by atoms with van der Waals surface area (Å²) < 4.78 is 5.40. The second-order valence-electron chi connectivity index (χ2n) is 5.45. The van der Waals surface area contributed by atoms with Gasteiger partial charge < -0.3 is 9.64 Å². The van der Waals surface area contributed by atoms with Crippen LogP contribution in [0.3, 0.4) is 0 Å². The second-order valence-corrected chi connectivity index (χ2v) is 6.62. The summed E-state index contributed by atoms with van der Waals surface area (Å²) >= 11 is 1.71. The molecule has 2 heterocycles. The Labute approximate surface area is 112 Å². The van der Waals surface area contributed by atoms with Crippen molar-refractivity contribution in [2.75, 3.05) is 6.54 Å². The Hall–Kier alpha value is -1.29. The van der Waals surface area contributed by atoms with Gasteiger partial charge in [-0.1, -0.05) is 12.7 Å². The standard InChI is InChI=1S/C14H19NO2S/c1-5-11-8-10-6-7-15(9-12(10)18-11)13(16)17-14(2,3)4/h5,8H,1,6-7,9H2,2-4H3. The number of amides is 1. The molecule has 98 valence electrons. The van der Waals surface area contributed by atoms with Crippen LogP contribution in [0.25, 0.3) is 6.08 Å². The Morgan fingerprint density at radius 1 is 1.56 bits per heavy atom. The van der Waals surface area contributed by atoms with Crippen molar-refractivity contribution >= 4 is 23.5 Å². The van der Waals surface area contributed by atoms with Crippen molar-refractivity contribution < 1.29 is 9.53 Å². The van der Waals surface area contributed by atoms with E-state index in [1.807, 2.05) is 26.8 Å². The fourth-order valence-corrected chi connectivity index (χ4v) is 3.01. The molecule has 0 saturated carbocycles. The Kier molecular flexibility index (Phi) is 3.48. The van der Waals surface area contributed by atoms with Gasteiger partial charge in [0.1, 0.15) is 5.60 Å². The molecular formula is C14H19NO2S. The lowest BCUT2D eigenvalue weighted by atomic mass is 10.1. The highest BCUT2D eigenvalue weighted by molar-refractivity contribution is 7.13. The van der Waals surface area contributed by atoms with Gasteiger partial charge in [0.15, 0.2) is 0 Å². The van der Waals surface area contributed by atoms with Gasteiger partial charge >= 0.3 is 6.09 Å². The van der Waals surface area contributed by atoms with E-state index < -0.39 is 5.60 Å². The van der Waals surface area contributed by atoms with E-state index in [4.69, 9.17) is 4.74 Å². The van der Waals surface area contributed by atoms with Gasteiger partial charge in [0.25, 0.3) is 0 Å². The van der Waals surface area contributed by atoms with Crippen molar-refractivity contribution in [1.29, 1.82) is 0 Å². The van der Waals surface area contributed by atoms with Gasteiger partial charge in [0.05, 0.1) is 6.54 Å². The zero-order valence-corrected chi connectivity index (χ0v) is 12.0. The molecule has 0 bridgehead atoms. The first-order valence-corrected chi connectivity index (χ1v) is 6.92. The molecule has 0 fully saturated rings. The van der Waals surface area contributed by atoms with Crippen LogP contribution in [0.1, 0.15) is 36.1 Å². The summed E-state index contributed by atoms with van der Waals surface area (Å²) in [6, 6.07) is 2.17. The van der Waals surface area contributed by atoms with Crippen molar-refractivity contribution in [1.82, 2.24) is 4.90 Å². The lowest BCUT2D eigenvalue weighted by Gasteiger charge is -2.29. The molecule has 0 atom stereocenters. The highest BCUT2D eigenvalue weighted by Crippen LogP contribution is 2.29. The van der Waals surface area contributed by atoms with Crippen molar-refractivity contribution in [3.63, 3.8) is 0 Å². The maximum absolute atomic E-state index is 12.0. The normalized spacial score (nSPS) is 15.2. The van der Waals surface area contributed by atoms with E-state index in [0.717, 1.165) is 13.0 Å². The first-order chi connectivity index (χ1) is 8.39. The number of ether oxygens (including phenoxy) is 1. The minimum absolute atomic E-state index is 0.221. The Morgan fingerprint density at radius 3 is 2.89 bits per heavy atom. The zero-order valence-electron chi connectivity index (χ0n) is 11.2. The predicted octanol–water partition coefficient (Wildman–Crippen LogP) is 3.68. The van der Waals surface area contributed by atoms with Gasteiger partial charge in [0.2, 0.25) is 0 Å². The molecule has 1 aliphatic heterocycles. The largest absolute Gasteiger partial charge is 0.444 e. The van der Waals surface area contributed by atoms with Gasteiger partial charge in [-0.25, -0.2) is 4.79 Å². The van der Waals surface area contributed by atoms with Gasteiger partial charge in [-0.3, -0.25) is 0 Å². The van der Waals surface area contributed by atoms with Crippen LogP contribution in [-0.2, 0) is 17.7 Å². The van der Waals surface area contributed by atoms with E-state index >= 15 is 0 Å². The van der Waals surface area contributed by atoms with Crippen molar-refractivity contribution in [3.8, 4) is 0 Å². The molecule has 0 saturated heterocycles. The molecule has 1 amide bonds. The Balaban J connectivity index is 2.07. The Bertz CT molecular complexity index is 471. The van der Waals surface area contributed by atoms with Crippen LogP contribution in [0, 0.1) is 0 Å². The number of fused-ring (bicyclic) bond motifs is 1. The molecule has 0 aliphatic carbocycles. The van der Waals surface area contributed by atoms with Gasteiger partial charge in [-0.15, -0.1) is 11.3 Å². The molecule has 1 aliphatic rings. The highest BCUT2D eigenvalue weighted by Gasteiger charge is 2.26. The van der Waals surface area contributed by atoms with Gasteiger partial charge in [-0.2, -0.15) is 0 Å². The molecule has 4 heteroatoms. The maximum Gasteiger partial charge on any atom is 0.410 e. The number of thiophene rings is 1. The van der Waals surface area contributed by atoms with Crippen LogP contribution in [0.5, 0.6) is 0 Å². The first-order valence-electron chi connectivity index (χ1n) is 6.11. The van der Waals surface area contributed by atoms with E-state index in [2.05, 4.69) is 12.6 Å². The third kappa shape index (κ3) is 2.93. The third-order valence-corrected chi connectivity index (χ3v) is 3.91. The SMILES string of the molecule is C=Cc1cc2c(s1)CN(C(=O)OC(C)(C)C)CC2. The minimum atomic E-state index is -0.431. The summed E-state index contributed by atoms with van der Waals surface area (Å²) in [5, 5.41) is 0. The number of carbonyl (C=O) groups excluding carboxylic acids is 1. The fraction of sp³-hybridized carbons (Fsp3) is 0.500. The molecule has 1 aromatic rings. The molecule has 0 radical (unpaired) electrons. The average Bonchev–Trinajstić information content (AvgIpc) is 2.68. The quantitative estimate of drug-likeness (QED) is 0.775. The molecular weight excluding hydrogens is 246 g/mol. The van der Waals surface area contributed by atoms with E-state index in [1.54, 1.807) is 16.2 Å². The van der Waals surface area contributed by atoms with Gasteiger partial charge in [0, 0.05) is 16.3 Å². The molecule has 3 nitrogen and oxygen atoms in total. The molecule has 2 rings (SSSR count). The third-order valence-electron chi connectivity index (χ3n) is 2.75. The number of carbonyl (C=O) groups is 1. The van der Waals surface area contributed by atoms with Crippen LogP contribution < -0.4 is 0 Å². The van der Waals surface area contributed by atoms with Crippen LogP contribution in [0.2, 0.25) is 0 Å². The number of hydrogen-bond acceptors (Lipinski definition) is 3. The summed E-state index contributed by atoms with van der Waals surface area (Å²) in [4.78, 5) is 16.2. The fourth-order valence-electron chi connectivity index (χ4n) is 1.93. The highest BCUT2D eigenvalue weighted by atomic mass is 32.1. The molecule has 0 aromatic carbocycles. The summed E-state index contributed by atoms with van der Waals surface area (Å²) in [6.07, 6.45) is 2.54. The van der Waals surface area contributed by atoms with Crippen LogP contribution in [0.4, 0.5) is 4.79 Å². The molecule has 1 aromatic heterocycles. The molecule has 18 heavy (non-hydrogen) atoms. The first kappa shape index (κ1) is 13.1. The average molecular weight is 265 g/mol. The van der Waals surface area contributed by atoms with Crippen LogP contribution in [0.15, 0.2) is 12.6 Å². The van der Waals surface area contributed by atoms with Crippen molar-refractivity contribution in [2.24, 2.45) is 0 Å². The second kappa shape index (κ2) is 4.76. The van der Waals surface area contributed by atoms with Crippen molar-refractivity contribution in [2.45, 2.75) is 39.3 Å². The lowest BCUT2D eigenvalue weighted by Crippen LogP contribution is -2.39. The predicted molar refractivity (Wildman–Crippen MR) is 74.8 cm³/mol. The number of nitrogens with zero attached hydrogens (tertiary/aromatic N) is 1. The topological polar surface area (TPSA) is 29.5 Å². The van der Waals surface area contributed by atoms with E-state index in [9.17, 15) is 4.79 Å². The number of rotatable bonds is 1. The minimum Gasteiger partial charge on any atom is -0.444 e. The summed E-state index contributed by atoms with van der Waals surface area (Å²) in [5.74, 6) is 0. The van der Waals surface area contributed by atoms with E-state index in [0.29, 0.717) is 6.54 Å². The monoisotopic (exact) mass is 265 g/mol. The van der Waals surface area contributed by atoms with Gasteiger partial charge in [-0.05, 0) is 38.8 Å². The Morgan fingerprint density at radius 2 is 2.28 bits per heavy atom. The maximum atomic E-state index is 12.0. The van der Waals surface area contributed by atoms with Crippen LogP contribution >= 0.6 is 11.3 Å². The summed E-state index contributed by atoms with van der Waals surface area (Å²) in [5.41, 5.74) is 0.911. The van der Waals surface area contributed by atoms with Crippen molar-refractivity contribution in [3.05, 3.63) is 28.0 Å². The smallest absolute Gasteiger partial charge is 0.410 e. The molecule has 0 N–H and O–H groups in total.